The number of halogens is 1. The zero-order valence-corrected chi connectivity index (χ0v) is 24.2. The van der Waals surface area contributed by atoms with Crippen LogP contribution in [-0.2, 0) is 40.1 Å². The van der Waals surface area contributed by atoms with Gasteiger partial charge in [0.25, 0.3) is 0 Å². The third-order valence-corrected chi connectivity index (χ3v) is 8.76. The number of rotatable bonds is 11. The summed E-state index contributed by atoms with van der Waals surface area (Å²) in [6, 6.07) is 6.95. The van der Waals surface area contributed by atoms with Gasteiger partial charge in [-0.25, -0.2) is 9.37 Å². The molecule has 0 saturated carbocycles. The van der Waals surface area contributed by atoms with Crippen LogP contribution >= 0.6 is 0 Å². The molecule has 2 N–H and O–H groups in total. The Morgan fingerprint density at radius 1 is 1.30 bits per heavy atom. The van der Waals surface area contributed by atoms with E-state index in [0.717, 1.165) is 73.4 Å². The molecule has 1 fully saturated rings. The number of unbranched alkanes of at least 4 members (excludes halogenated alkanes) is 1. The maximum atomic E-state index is 14.7. The minimum atomic E-state index is -0.494. The van der Waals surface area contributed by atoms with E-state index in [0.29, 0.717) is 26.2 Å². The van der Waals surface area contributed by atoms with Crippen LogP contribution < -0.4 is 5.32 Å². The van der Waals surface area contributed by atoms with Crippen LogP contribution in [0, 0.1) is 5.82 Å². The quantitative estimate of drug-likeness (QED) is 0.274. The second-order valence-electron chi connectivity index (χ2n) is 11.9. The van der Waals surface area contributed by atoms with Crippen LogP contribution in [0.2, 0.25) is 0 Å². The molecule has 2 aromatic rings. The number of aliphatic hydroxyl groups excluding tert-OH is 1. The van der Waals surface area contributed by atoms with Crippen LogP contribution in [0.1, 0.15) is 73.5 Å². The van der Waals surface area contributed by atoms with Gasteiger partial charge in [0.05, 0.1) is 30.5 Å². The van der Waals surface area contributed by atoms with E-state index in [-0.39, 0.29) is 23.8 Å². The number of ether oxygens (including phenoxy) is 3. The molecule has 7 nitrogen and oxygen atoms in total. The molecule has 3 aliphatic rings. The minimum Gasteiger partial charge on any atom is -0.511 e. The number of nitrogens with one attached hydrogen (secondary N) is 1. The first-order valence-corrected chi connectivity index (χ1v) is 14.7. The Balaban J connectivity index is 1.17. The lowest BCUT2D eigenvalue weighted by Gasteiger charge is -2.38. The first-order valence-electron chi connectivity index (χ1n) is 14.7. The number of hydrogen-bond donors (Lipinski definition) is 2. The van der Waals surface area contributed by atoms with Gasteiger partial charge in [0, 0.05) is 45.5 Å². The highest BCUT2D eigenvalue weighted by Crippen LogP contribution is 2.38. The second kappa shape index (κ2) is 12.6. The lowest BCUT2D eigenvalue weighted by molar-refractivity contribution is -0.120. The molecule has 3 aliphatic heterocycles. The SMILES string of the molecule is C=C(O)[C@@H](c1cc(F)cc2c1C[C@H](C(C)(C)OC)OC2)N1CC[C@@H](OCCCCc2ccc3c(n2)NCCC3)C1. The summed E-state index contributed by atoms with van der Waals surface area (Å²) in [5, 5.41) is 14.1. The van der Waals surface area contributed by atoms with Crippen molar-refractivity contribution in [2.45, 2.75) is 89.3 Å². The number of nitrogens with zero attached hydrogens (tertiary/aromatic N) is 2. The molecule has 0 aliphatic carbocycles. The molecule has 4 heterocycles. The number of fused-ring (bicyclic) bond motifs is 2. The zero-order chi connectivity index (χ0) is 28.3. The Kier molecular flexibility index (Phi) is 9.10. The summed E-state index contributed by atoms with van der Waals surface area (Å²) < 4.78 is 32.7. The largest absolute Gasteiger partial charge is 0.511 e. The average molecular weight is 554 g/mol. The van der Waals surface area contributed by atoms with Crippen LogP contribution in [0.3, 0.4) is 0 Å². The average Bonchev–Trinajstić information content (AvgIpc) is 3.40. The van der Waals surface area contributed by atoms with Gasteiger partial charge < -0.3 is 24.6 Å². The molecule has 0 amide bonds. The fourth-order valence-electron chi connectivity index (χ4n) is 6.23. The predicted octanol–water partition coefficient (Wildman–Crippen LogP) is 5.67. The summed E-state index contributed by atoms with van der Waals surface area (Å²) in [7, 11) is 1.68. The van der Waals surface area contributed by atoms with Crippen molar-refractivity contribution in [3.63, 3.8) is 0 Å². The standard InChI is InChI=1S/C32H44FN3O4/c1-21(37)30(28-17-24(33)16-23-20-40-29(18-27(23)28)32(2,3)38-4)36-14-12-26(19-36)39-15-6-5-9-25-11-10-22-8-7-13-34-31(22)35-25/h10-11,16-17,26,29-30,37H,1,5-9,12-15,18-20H2,2-4H3,(H,34,35)/t26-,29-,30+/m1/s1. The van der Waals surface area contributed by atoms with Crippen molar-refractivity contribution in [2.24, 2.45) is 0 Å². The van der Waals surface area contributed by atoms with Crippen molar-refractivity contribution >= 4 is 5.82 Å². The molecule has 3 atom stereocenters. The number of aryl methyl sites for hydroxylation is 2. The Labute approximate surface area is 237 Å². The number of pyridine rings is 1. The summed E-state index contributed by atoms with van der Waals surface area (Å²) in [6.07, 6.45) is 6.54. The van der Waals surface area contributed by atoms with Crippen molar-refractivity contribution < 1.29 is 23.7 Å². The number of aliphatic hydroxyl groups is 1. The number of likely N-dealkylation sites (tertiary alicyclic amines) is 1. The Bertz CT molecular complexity index is 1200. The molecule has 1 aromatic carbocycles. The number of methoxy groups -OCH3 is 1. The first kappa shape index (κ1) is 29.0. The molecule has 40 heavy (non-hydrogen) atoms. The molecule has 8 heteroatoms. The van der Waals surface area contributed by atoms with Gasteiger partial charge in [0.1, 0.15) is 17.4 Å². The highest BCUT2D eigenvalue weighted by atomic mass is 19.1. The van der Waals surface area contributed by atoms with Crippen molar-refractivity contribution in [3.8, 4) is 0 Å². The number of aromatic nitrogens is 1. The van der Waals surface area contributed by atoms with E-state index in [4.69, 9.17) is 19.2 Å². The molecule has 0 spiro atoms. The molecular weight excluding hydrogens is 509 g/mol. The third kappa shape index (κ3) is 6.51. The molecule has 218 valence electrons. The highest BCUT2D eigenvalue weighted by Gasteiger charge is 2.38. The minimum absolute atomic E-state index is 0.0227. The van der Waals surface area contributed by atoms with E-state index in [9.17, 15) is 9.50 Å². The molecule has 1 saturated heterocycles. The molecule has 5 rings (SSSR count). The Hall–Kier alpha value is -2.52. The van der Waals surface area contributed by atoms with Gasteiger partial charge in [-0.2, -0.15) is 0 Å². The van der Waals surface area contributed by atoms with Crippen molar-refractivity contribution in [3.05, 3.63) is 70.4 Å². The molecule has 0 bridgehead atoms. The summed E-state index contributed by atoms with van der Waals surface area (Å²) in [5.41, 5.74) is 4.55. The van der Waals surface area contributed by atoms with Gasteiger partial charge in [-0.3, -0.25) is 4.90 Å². The van der Waals surface area contributed by atoms with Crippen molar-refractivity contribution in [2.75, 3.05) is 38.7 Å². The summed E-state index contributed by atoms with van der Waals surface area (Å²) in [4.78, 5) is 6.96. The van der Waals surface area contributed by atoms with Crippen molar-refractivity contribution in [1.29, 1.82) is 0 Å². The van der Waals surface area contributed by atoms with Crippen LogP contribution in [0.4, 0.5) is 10.2 Å². The maximum absolute atomic E-state index is 14.7. The van der Waals surface area contributed by atoms with E-state index >= 15 is 0 Å². The Morgan fingerprint density at radius 2 is 2.15 bits per heavy atom. The van der Waals surface area contributed by atoms with E-state index < -0.39 is 11.6 Å². The zero-order valence-electron chi connectivity index (χ0n) is 24.2. The van der Waals surface area contributed by atoms with Gasteiger partial charge in [-0.05, 0) is 92.8 Å². The maximum Gasteiger partial charge on any atom is 0.129 e. The smallest absolute Gasteiger partial charge is 0.129 e. The van der Waals surface area contributed by atoms with E-state index in [2.05, 4.69) is 28.9 Å². The summed E-state index contributed by atoms with van der Waals surface area (Å²) >= 11 is 0. The third-order valence-electron chi connectivity index (χ3n) is 8.76. The molecule has 0 unspecified atom stereocenters. The number of anilines is 1. The van der Waals surface area contributed by atoms with Gasteiger partial charge in [0.2, 0.25) is 0 Å². The van der Waals surface area contributed by atoms with Gasteiger partial charge in [0.15, 0.2) is 0 Å². The van der Waals surface area contributed by atoms with Crippen LogP contribution in [0.5, 0.6) is 0 Å². The van der Waals surface area contributed by atoms with Crippen LogP contribution in [0.15, 0.2) is 36.6 Å². The fraction of sp³-hybridized carbons (Fsp3) is 0.594. The van der Waals surface area contributed by atoms with E-state index in [1.165, 1.54) is 18.1 Å². The lowest BCUT2D eigenvalue weighted by atomic mass is 9.85. The monoisotopic (exact) mass is 553 g/mol. The topological polar surface area (TPSA) is 76.1 Å². The summed E-state index contributed by atoms with van der Waals surface area (Å²) in [6.45, 7) is 11.3. The van der Waals surface area contributed by atoms with Gasteiger partial charge in [-0.1, -0.05) is 12.6 Å². The summed E-state index contributed by atoms with van der Waals surface area (Å²) in [5.74, 6) is 0.745. The normalized spacial score (nSPS) is 21.9. The number of hydrogen-bond acceptors (Lipinski definition) is 7. The number of benzene rings is 1. The lowest BCUT2D eigenvalue weighted by Crippen LogP contribution is -2.44. The van der Waals surface area contributed by atoms with Gasteiger partial charge in [-0.15, -0.1) is 0 Å². The van der Waals surface area contributed by atoms with E-state index in [1.807, 2.05) is 13.8 Å². The molecular formula is C32H44FN3O4. The van der Waals surface area contributed by atoms with Gasteiger partial charge >= 0.3 is 0 Å². The fourth-order valence-corrected chi connectivity index (χ4v) is 6.23. The molecule has 0 radical (unpaired) electrons. The van der Waals surface area contributed by atoms with E-state index in [1.54, 1.807) is 13.2 Å². The molecule has 1 aromatic heterocycles. The van der Waals surface area contributed by atoms with Crippen LogP contribution in [-0.4, -0.2) is 66.2 Å². The highest BCUT2D eigenvalue weighted by molar-refractivity contribution is 5.47. The Morgan fingerprint density at radius 3 is 2.95 bits per heavy atom. The van der Waals surface area contributed by atoms with Crippen LogP contribution in [0.25, 0.3) is 0 Å². The first-order chi connectivity index (χ1) is 19.2. The second-order valence-corrected chi connectivity index (χ2v) is 11.9. The predicted molar refractivity (Wildman–Crippen MR) is 154 cm³/mol. The van der Waals surface area contributed by atoms with Crippen molar-refractivity contribution in [1.82, 2.24) is 9.88 Å².